The number of hydrogen-bond acceptors (Lipinski definition) is 3. The van der Waals surface area contributed by atoms with Gasteiger partial charge in [-0.15, -0.1) is 0 Å². The van der Waals surface area contributed by atoms with Gasteiger partial charge in [-0.1, -0.05) is 22.0 Å². The second-order valence-electron chi connectivity index (χ2n) is 5.68. The zero-order valence-corrected chi connectivity index (χ0v) is 14.0. The second-order valence-corrected chi connectivity index (χ2v) is 6.54. The molecule has 0 spiro atoms. The van der Waals surface area contributed by atoms with Crippen LogP contribution in [0.2, 0.25) is 0 Å². The van der Waals surface area contributed by atoms with Gasteiger partial charge in [0.1, 0.15) is 0 Å². The molecule has 3 nitrogen and oxygen atoms in total. The van der Waals surface area contributed by atoms with E-state index in [1.807, 2.05) is 7.05 Å². The smallest absolute Gasteiger partial charge is 0.0434 e. The molecule has 0 aromatic heterocycles. The van der Waals surface area contributed by atoms with Crippen LogP contribution in [0.5, 0.6) is 0 Å². The first kappa shape index (κ1) is 15.8. The summed E-state index contributed by atoms with van der Waals surface area (Å²) in [5.41, 5.74) is 2.58. The van der Waals surface area contributed by atoms with Crippen molar-refractivity contribution in [1.82, 2.24) is 5.32 Å². The summed E-state index contributed by atoms with van der Waals surface area (Å²) in [5.74, 6) is 0.628. The van der Waals surface area contributed by atoms with Gasteiger partial charge in [-0.05, 0) is 56.8 Å². The highest BCUT2D eigenvalue weighted by Gasteiger charge is 2.20. The van der Waals surface area contributed by atoms with Crippen molar-refractivity contribution < 1.29 is 5.11 Å². The molecule has 1 saturated heterocycles. The van der Waals surface area contributed by atoms with E-state index >= 15 is 0 Å². The van der Waals surface area contributed by atoms with Gasteiger partial charge in [0.2, 0.25) is 0 Å². The molecule has 20 heavy (non-hydrogen) atoms. The van der Waals surface area contributed by atoms with Crippen LogP contribution in [0.15, 0.2) is 22.7 Å². The van der Waals surface area contributed by atoms with Crippen LogP contribution in [0.4, 0.5) is 5.69 Å². The van der Waals surface area contributed by atoms with Crippen LogP contribution in [0.3, 0.4) is 0 Å². The van der Waals surface area contributed by atoms with Crippen LogP contribution in [-0.4, -0.2) is 31.9 Å². The van der Waals surface area contributed by atoms with Crippen molar-refractivity contribution in [2.75, 3.05) is 31.6 Å². The number of benzene rings is 1. The maximum atomic E-state index is 9.11. The van der Waals surface area contributed by atoms with Gasteiger partial charge in [0.05, 0.1) is 0 Å². The number of nitrogens with one attached hydrogen (secondary N) is 1. The Hall–Kier alpha value is -0.580. The Balaban J connectivity index is 2.10. The minimum absolute atomic E-state index is 0.306. The van der Waals surface area contributed by atoms with Crippen LogP contribution >= 0.6 is 15.9 Å². The molecule has 112 valence electrons. The molecule has 2 rings (SSSR count). The van der Waals surface area contributed by atoms with E-state index in [0.29, 0.717) is 18.6 Å². The van der Waals surface area contributed by atoms with Crippen molar-refractivity contribution in [3.8, 4) is 0 Å². The number of halogens is 1. The van der Waals surface area contributed by atoms with Crippen molar-refractivity contribution in [1.29, 1.82) is 0 Å². The maximum absolute atomic E-state index is 9.11. The Morgan fingerprint density at radius 2 is 2.30 bits per heavy atom. The Morgan fingerprint density at radius 1 is 1.50 bits per heavy atom. The van der Waals surface area contributed by atoms with E-state index in [4.69, 9.17) is 5.11 Å². The number of rotatable bonds is 5. The van der Waals surface area contributed by atoms with Crippen LogP contribution in [0.1, 0.15) is 37.8 Å². The van der Waals surface area contributed by atoms with Gasteiger partial charge < -0.3 is 15.3 Å². The molecule has 0 saturated carbocycles. The largest absolute Gasteiger partial charge is 0.396 e. The van der Waals surface area contributed by atoms with Gasteiger partial charge in [0, 0.05) is 35.9 Å². The van der Waals surface area contributed by atoms with Crippen LogP contribution in [-0.2, 0) is 0 Å². The Labute approximate surface area is 130 Å². The molecule has 4 heteroatoms. The summed E-state index contributed by atoms with van der Waals surface area (Å²) in [7, 11) is 1.98. The first-order chi connectivity index (χ1) is 9.65. The Morgan fingerprint density at radius 3 is 2.95 bits per heavy atom. The lowest BCUT2D eigenvalue weighted by Crippen LogP contribution is -2.35. The molecule has 0 bridgehead atoms. The highest BCUT2D eigenvalue weighted by Crippen LogP contribution is 2.31. The van der Waals surface area contributed by atoms with Gasteiger partial charge in [-0.2, -0.15) is 0 Å². The molecule has 1 aromatic carbocycles. The molecule has 0 aliphatic carbocycles. The maximum Gasteiger partial charge on any atom is 0.0434 e. The summed E-state index contributed by atoms with van der Waals surface area (Å²) < 4.78 is 1.17. The predicted octanol–water partition coefficient (Wildman–Crippen LogP) is 3.33. The zero-order valence-electron chi connectivity index (χ0n) is 12.4. The third kappa shape index (κ3) is 3.74. The lowest BCUT2D eigenvalue weighted by molar-refractivity contribution is 0.244. The van der Waals surface area contributed by atoms with Crippen molar-refractivity contribution in [2.24, 2.45) is 5.92 Å². The molecule has 0 amide bonds. The third-order valence-corrected chi connectivity index (χ3v) is 4.99. The van der Waals surface area contributed by atoms with E-state index in [2.05, 4.69) is 51.3 Å². The predicted molar refractivity (Wildman–Crippen MR) is 88.3 cm³/mol. The Kier molecular flexibility index (Phi) is 5.87. The number of hydrogen-bond donors (Lipinski definition) is 2. The molecule has 2 unspecified atom stereocenters. The minimum Gasteiger partial charge on any atom is -0.396 e. The number of aliphatic hydroxyl groups is 1. The number of nitrogens with zero attached hydrogens (tertiary/aromatic N) is 1. The van der Waals surface area contributed by atoms with E-state index < -0.39 is 0 Å². The van der Waals surface area contributed by atoms with Crippen LogP contribution < -0.4 is 10.2 Å². The van der Waals surface area contributed by atoms with Crippen molar-refractivity contribution in [3.63, 3.8) is 0 Å². The minimum atomic E-state index is 0.306. The van der Waals surface area contributed by atoms with E-state index in [-0.39, 0.29) is 0 Å². The summed E-state index contributed by atoms with van der Waals surface area (Å²) in [4.78, 5) is 2.45. The van der Waals surface area contributed by atoms with Gasteiger partial charge in [0.25, 0.3) is 0 Å². The standard InChI is InChI=1S/C16H25BrN2O/c1-12(18-2)15-6-5-14(10-16(15)17)19-8-3-4-13(11-19)7-9-20/h5-6,10,12-13,18,20H,3-4,7-9,11H2,1-2H3. The average Bonchev–Trinajstić information content (AvgIpc) is 2.47. The molecule has 1 aliphatic heterocycles. The molecule has 2 N–H and O–H groups in total. The highest BCUT2D eigenvalue weighted by atomic mass is 79.9. The summed E-state index contributed by atoms with van der Waals surface area (Å²) in [6, 6.07) is 7.00. The number of piperidine rings is 1. The van der Waals surface area contributed by atoms with Gasteiger partial charge >= 0.3 is 0 Å². The fourth-order valence-corrected chi connectivity index (χ4v) is 3.65. The fraction of sp³-hybridized carbons (Fsp3) is 0.625. The van der Waals surface area contributed by atoms with Crippen LogP contribution in [0.25, 0.3) is 0 Å². The lowest BCUT2D eigenvalue weighted by atomic mass is 9.94. The first-order valence-corrected chi connectivity index (χ1v) is 8.27. The molecular weight excluding hydrogens is 316 g/mol. The first-order valence-electron chi connectivity index (χ1n) is 7.48. The van der Waals surface area contributed by atoms with Crippen molar-refractivity contribution >= 4 is 21.6 Å². The van der Waals surface area contributed by atoms with Crippen LogP contribution in [0, 0.1) is 5.92 Å². The average molecular weight is 341 g/mol. The SMILES string of the molecule is CNC(C)c1ccc(N2CCCC(CCO)C2)cc1Br. The summed E-state index contributed by atoms with van der Waals surface area (Å²) >= 11 is 3.69. The van der Waals surface area contributed by atoms with Crippen molar-refractivity contribution in [3.05, 3.63) is 28.2 Å². The van der Waals surface area contributed by atoms with E-state index in [1.165, 1.54) is 28.6 Å². The third-order valence-electron chi connectivity index (χ3n) is 4.31. The lowest BCUT2D eigenvalue weighted by Gasteiger charge is -2.34. The van der Waals surface area contributed by atoms with Gasteiger partial charge in [-0.3, -0.25) is 0 Å². The molecule has 1 aliphatic rings. The molecule has 2 atom stereocenters. The zero-order chi connectivity index (χ0) is 14.5. The van der Waals surface area contributed by atoms with E-state index in [0.717, 1.165) is 19.5 Å². The van der Waals surface area contributed by atoms with Gasteiger partial charge in [-0.25, -0.2) is 0 Å². The number of anilines is 1. The Bertz CT molecular complexity index is 436. The quantitative estimate of drug-likeness (QED) is 0.862. The molecule has 0 radical (unpaired) electrons. The normalized spacial score (nSPS) is 21.0. The van der Waals surface area contributed by atoms with Gasteiger partial charge in [0.15, 0.2) is 0 Å². The topological polar surface area (TPSA) is 35.5 Å². The monoisotopic (exact) mass is 340 g/mol. The van der Waals surface area contributed by atoms with Crippen molar-refractivity contribution in [2.45, 2.75) is 32.2 Å². The molecule has 1 aromatic rings. The highest BCUT2D eigenvalue weighted by molar-refractivity contribution is 9.10. The van der Waals surface area contributed by atoms with E-state index in [1.54, 1.807) is 0 Å². The fourth-order valence-electron chi connectivity index (χ4n) is 2.94. The molecule has 1 heterocycles. The molecule has 1 fully saturated rings. The second kappa shape index (κ2) is 7.43. The summed E-state index contributed by atoms with van der Waals surface area (Å²) in [6.07, 6.45) is 3.39. The number of aliphatic hydroxyl groups excluding tert-OH is 1. The molecular formula is C16H25BrN2O. The van der Waals surface area contributed by atoms with E-state index in [9.17, 15) is 0 Å². The summed E-state index contributed by atoms with van der Waals surface area (Å²) in [6.45, 7) is 4.65. The summed E-state index contributed by atoms with van der Waals surface area (Å²) in [5, 5.41) is 12.4.